The maximum absolute atomic E-state index is 10.1. The van der Waals surface area contributed by atoms with Crippen molar-refractivity contribution in [3.05, 3.63) is 20.2 Å². The van der Waals surface area contributed by atoms with E-state index in [-0.39, 0.29) is 6.29 Å². The highest BCUT2D eigenvalue weighted by molar-refractivity contribution is 5.53. The molecule has 13 heavy (non-hydrogen) atoms. The summed E-state index contributed by atoms with van der Waals surface area (Å²) in [5.74, 6) is -1.02. The van der Waals surface area contributed by atoms with Gasteiger partial charge in [-0.1, -0.05) is 0 Å². The standard InChI is InChI=1S/C4H6N2O7/c7-1-4(2-12-5(8)9)3-13-6(10)11/h1,4H,2-3H2. The number of rotatable bonds is 7. The highest BCUT2D eigenvalue weighted by atomic mass is 17.0. The average Bonchev–Trinajstić information content (AvgIpc) is 2.04. The van der Waals surface area contributed by atoms with Gasteiger partial charge in [-0.15, -0.1) is 20.2 Å². The first-order valence-corrected chi connectivity index (χ1v) is 3.06. The molecule has 0 radical (unpaired) electrons. The van der Waals surface area contributed by atoms with Crippen LogP contribution in [0, 0.1) is 26.1 Å². The van der Waals surface area contributed by atoms with Gasteiger partial charge < -0.3 is 14.5 Å². The predicted octanol–water partition coefficient (Wildman–Crippen LogP) is -0.782. The van der Waals surface area contributed by atoms with Crippen LogP contribution in [0.4, 0.5) is 0 Å². The molecule has 0 rings (SSSR count). The molecule has 0 spiro atoms. The Bertz CT molecular complexity index is 187. The molecule has 0 saturated carbocycles. The Balaban J connectivity index is 3.69. The number of hydrogen-bond acceptors (Lipinski definition) is 7. The van der Waals surface area contributed by atoms with E-state index in [1.165, 1.54) is 0 Å². The van der Waals surface area contributed by atoms with E-state index in [1.54, 1.807) is 0 Å². The lowest BCUT2D eigenvalue weighted by Crippen LogP contribution is -2.21. The Kier molecular flexibility index (Phi) is 4.84. The molecule has 0 N–H and O–H groups in total. The van der Waals surface area contributed by atoms with E-state index >= 15 is 0 Å². The molecule has 0 aromatic rings. The molecule has 0 aromatic heterocycles. The molecule has 0 aliphatic rings. The Labute approximate surface area is 71.4 Å². The molecule has 0 saturated heterocycles. The van der Waals surface area contributed by atoms with Gasteiger partial charge in [0.05, 0.1) is 5.92 Å². The van der Waals surface area contributed by atoms with Crippen molar-refractivity contribution in [1.82, 2.24) is 0 Å². The highest BCUT2D eigenvalue weighted by Crippen LogP contribution is 1.95. The fraction of sp³-hybridized carbons (Fsp3) is 0.750. The molecule has 74 valence electrons. The summed E-state index contributed by atoms with van der Waals surface area (Å²) >= 11 is 0. The van der Waals surface area contributed by atoms with Gasteiger partial charge in [-0.3, -0.25) is 0 Å². The monoisotopic (exact) mass is 194 g/mol. The summed E-state index contributed by atoms with van der Waals surface area (Å²) in [5, 5.41) is 17.1. The van der Waals surface area contributed by atoms with Gasteiger partial charge in [0, 0.05) is 0 Å². The van der Waals surface area contributed by atoms with E-state index in [0.717, 1.165) is 0 Å². The van der Waals surface area contributed by atoms with Crippen LogP contribution in [0.25, 0.3) is 0 Å². The van der Waals surface area contributed by atoms with Gasteiger partial charge in [0.1, 0.15) is 19.5 Å². The molecule has 0 amide bonds. The second kappa shape index (κ2) is 5.69. The van der Waals surface area contributed by atoms with Crippen LogP contribution >= 0.6 is 0 Å². The second-order valence-electron chi connectivity index (χ2n) is 1.93. The van der Waals surface area contributed by atoms with Gasteiger partial charge in [0.15, 0.2) is 0 Å². The first-order valence-electron chi connectivity index (χ1n) is 3.06. The number of hydrogen-bond donors (Lipinski definition) is 0. The van der Waals surface area contributed by atoms with Crippen molar-refractivity contribution in [2.75, 3.05) is 13.2 Å². The summed E-state index contributed by atoms with van der Waals surface area (Å²) in [6.45, 7) is -1.10. The van der Waals surface area contributed by atoms with Gasteiger partial charge in [-0.2, -0.15) is 0 Å². The van der Waals surface area contributed by atoms with Gasteiger partial charge in [0.25, 0.3) is 10.2 Å². The molecule has 0 aliphatic carbocycles. The Morgan fingerprint density at radius 2 is 1.54 bits per heavy atom. The number of nitrogens with zero attached hydrogens (tertiary/aromatic N) is 2. The van der Waals surface area contributed by atoms with Crippen LogP contribution in [-0.4, -0.2) is 29.7 Å². The number of carbonyl (C=O) groups is 1. The lowest BCUT2D eigenvalue weighted by atomic mass is 10.2. The third-order valence-electron chi connectivity index (χ3n) is 0.980. The minimum atomic E-state index is -1.09. The molecule has 0 aliphatic heterocycles. The maximum Gasteiger partial charge on any atom is 0.294 e. The van der Waals surface area contributed by atoms with Gasteiger partial charge in [-0.05, 0) is 0 Å². The van der Waals surface area contributed by atoms with Crippen molar-refractivity contribution < 1.29 is 24.6 Å². The first-order chi connectivity index (χ1) is 6.06. The molecule has 0 bridgehead atoms. The molecule has 9 nitrogen and oxygen atoms in total. The lowest BCUT2D eigenvalue weighted by Gasteiger charge is -2.05. The third-order valence-corrected chi connectivity index (χ3v) is 0.980. The zero-order valence-electron chi connectivity index (χ0n) is 6.32. The number of carbonyl (C=O) groups excluding carboxylic acids is 1. The van der Waals surface area contributed by atoms with Crippen LogP contribution < -0.4 is 0 Å². The van der Waals surface area contributed by atoms with Crippen molar-refractivity contribution in [2.24, 2.45) is 5.92 Å². The van der Waals surface area contributed by atoms with Crippen molar-refractivity contribution in [3.63, 3.8) is 0 Å². The van der Waals surface area contributed by atoms with E-state index in [9.17, 15) is 25.0 Å². The van der Waals surface area contributed by atoms with E-state index in [0.29, 0.717) is 0 Å². The van der Waals surface area contributed by atoms with Crippen molar-refractivity contribution in [2.45, 2.75) is 0 Å². The van der Waals surface area contributed by atoms with E-state index in [2.05, 4.69) is 9.68 Å². The molecule has 0 atom stereocenters. The zero-order chi connectivity index (χ0) is 10.3. The van der Waals surface area contributed by atoms with Crippen molar-refractivity contribution in [3.8, 4) is 0 Å². The minimum absolute atomic E-state index is 0.285. The third kappa shape index (κ3) is 6.47. The maximum atomic E-state index is 10.1. The van der Waals surface area contributed by atoms with E-state index < -0.39 is 29.3 Å². The van der Waals surface area contributed by atoms with E-state index in [4.69, 9.17) is 0 Å². The summed E-state index contributed by atoms with van der Waals surface area (Å²) in [6.07, 6.45) is 0.285. The van der Waals surface area contributed by atoms with E-state index in [1.807, 2.05) is 0 Å². The molecular formula is C4H6N2O7. The molecule has 0 fully saturated rings. The summed E-state index contributed by atoms with van der Waals surface area (Å²) in [4.78, 5) is 37.1. The molecular weight excluding hydrogens is 188 g/mol. The summed E-state index contributed by atoms with van der Waals surface area (Å²) in [5.41, 5.74) is 0. The second-order valence-corrected chi connectivity index (χ2v) is 1.93. The Hall–Kier alpha value is -1.93. The molecule has 0 heterocycles. The lowest BCUT2D eigenvalue weighted by molar-refractivity contribution is -0.767. The molecule has 0 unspecified atom stereocenters. The smallest absolute Gasteiger partial charge is 0.294 e. The van der Waals surface area contributed by atoms with Gasteiger partial charge >= 0.3 is 0 Å². The average molecular weight is 194 g/mol. The minimum Gasteiger partial charge on any atom is -0.313 e. The quantitative estimate of drug-likeness (QED) is 0.296. The largest absolute Gasteiger partial charge is 0.313 e. The summed E-state index contributed by atoms with van der Waals surface area (Å²) in [6, 6.07) is 0. The highest BCUT2D eigenvalue weighted by Gasteiger charge is 2.11. The van der Waals surface area contributed by atoms with Crippen LogP contribution in [0.2, 0.25) is 0 Å². The van der Waals surface area contributed by atoms with Crippen LogP contribution in [0.1, 0.15) is 0 Å². The molecule has 9 heteroatoms. The Morgan fingerprint density at radius 1 is 1.15 bits per heavy atom. The first kappa shape index (κ1) is 11.1. The Morgan fingerprint density at radius 3 is 1.77 bits per heavy atom. The van der Waals surface area contributed by atoms with Crippen LogP contribution in [0.15, 0.2) is 0 Å². The predicted molar refractivity (Wildman–Crippen MR) is 35.4 cm³/mol. The number of aldehydes is 1. The fourth-order valence-corrected chi connectivity index (χ4v) is 0.440. The molecule has 0 aromatic carbocycles. The normalized spacial score (nSPS) is 9.31. The van der Waals surface area contributed by atoms with Crippen LogP contribution in [-0.2, 0) is 14.5 Å². The summed E-state index contributed by atoms with van der Waals surface area (Å²) < 4.78 is 0. The topological polar surface area (TPSA) is 122 Å². The van der Waals surface area contributed by atoms with Crippen LogP contribution in [0.3, 0.4) is 0 Å². The SMILES string of the molecule is O=CC(CO[N+](=O)[O-])CO[N+](=O)[O-]. The van der Waals surface area contributed by atoms with Gasteiger partial charge in [0.2, 0.25) is 0 Å². The van der Waals surface area contributed by atoms with Crippen molar-refractivity contribution in [1.29, 1.82) is 0 Å². The van der Waals surface area contributed by atoms with Gasteiger partial charge in [-0.25, -0.2) is 0 Å². The van der Waals surface area contributed by atoms with Crippen LogP contribution in [0.5, 0.6) is 0 Å². The fourth-order valence-electron chi connectivity index (χ4n) is 0.440. The zero-order valence-corrected chi connectivity index (χ0v) is 6.32. The van der Waals surface area contributed by atoms with Crippen molar-refractivity contribution >= 4 is 6.29 Å². The summed E-state index contributed by atoms with van der Waals surface area (Å²) in [7, 11) is 0.